The maximum Gasteiger partial charge on any atom is 0.120 e. The molecule has 0 heterocycles. The smallest absolute Gasteiger partial charge is 0.120 e. The number of hydrogen-bond donors (Lipinski definition) is 0. The Hall–Kier alpha value is -1.92. The van der Waals surface area contributed by atoms with E-state index in [-0.39, 0.29) is 0 Å². The van der Waals surface area contributed by atoms with E-state index in [2.05, 4.69) is 38.1 Å². The summed E-state index contributed by atoms with van der Waals surface area (Å²) in [5.41, 5.74) is 3.10. The van der Waals surface area contributed by atoms with Gasteiger partial charge >= 0.3 is 0 Å². The molecule has 0 atom stereocenters. The molecule has 19 heavy (non-hydrogen) atoms. The molecule has 0 unspecified atom stereocenters. The number of aryl methyl sites for hydroxylation is 2. The van der Waals surface area contributed by atoms with Gasteiger partial charge in [-0.3, -0.25) is 0 Å². The first kappa shape index (κ1) is 13.5. The second kappa shape index (κ2) is 5.81. The van der Waals surface area contributed by atoms with Crippen molar-refractivity contribution in [1.82, 2.24) is 0 Å². The van der Waals surface area contributed by atoms with Crippen molar-refractivity contribution in [2.75, 3.05) is 7.11 Å². The van der Waals surface area contributed by atoms with Crippen molar-refractivity contribution in [3.63, 3.8) is 0 Å². The molecule has 0 aliphatic rings. The summed E-state index contributed by atoms with van der Waals surface area (Å²) in [6.07, 6.45) is 0. The van der Waals surface area contributed by atoms with Gasteiger partial charge in [-0.1, -0.05) is 23.9 Å². The molecule has 3 heteroatoms. The number of rotatable bonds is 3. The van der Waals surface area contributed by atoms with Gasteiger partial charge in [0.25, 0.3) is 0 Å². The van der Waals surface area contributed by atoms with Crippen LogP contribution in [0.15, 0.2) is 46.2 Å². The van der Waals surface area contributed by atoms with Crippen molar-refractivity contribution in [2.24, 2.45) is 0 Å². The van der Waals surface area contributed by atoms with Gasteiger partial charge < -0.3 is 4.74 Å². The maximum absolute atomic E-state index is 9.18. The van der Waals surface area contributed by atoms with Crippen LogP contribution in [0, 0.1) is 25.2 Å². The lowest BCUT2D eigenvalue weighted by molar-refractivity contribution is 0.413. The van der Waals surface area contributed by atoms with Gasteiger partial charge in [0, 0.05) is 9.79 Å². The SMILES string of the molecule is COc1ccc(C#N)c(Sc2cc(C)ccc2C)c1. The van der Waals surface area contributed by atoms with E-state index in [1.807, 2.05) is 12.1 Å². The molecule has 2 rings (SSSR count). The van der Waals surface area contributed by atoms with Crippen LogP contribution in [-0.4, -0.2) is 7.11 Å². The monoisotopic (exact) mass is 269 g/mol. The van der Waals surface area contributed by atoms with E-state index in [0.29, 0.717) is 5.56 Å². The fourth-order valence-corrected chi connectivity index (χ4v) is 2.85. The van der Waals surface area contributed by atoms with E-state index in [4.69, 9.17) is 4.74 Å². The van der Waals surface area contributed by atoms with E-state index in [9.17, 15) is 5.26 Å². The Balaban J connectivity index is 2.42. The highest BCUT2D eigenvalue weighted by molar-refractivity contribution is 7.99. The first-order chi connectivity index (χ1) is 9.13. The molecule has 2 nitrogen and oxygen atoms in total. The number of benzene rings is 2. The minimum atomic E-state index is 0.673. The van der Waals surface area contributed by atoms with Gasteiger partial charge in [0.1, 0.15) is 11.8 Å². The van der Waals surface area contributed by atoms with E-state index >= 15 is 0 Å². The molecule has 0 saturated carbocycles. The van der Waals surface area contributed by atoms with Crippen molar-refractivity contribution < 1.29 is 4.74 Å². The van der Waals surface area contributed by atoms with Gasteiger partial charge in [-0.15, -0.1) is 0 Å². The molecule has 0 aromatic heterocycles. The molecule has 0 saturated heterocycles. The first-order valence-corrected chi connectivity index (χ1v) is 6.79. The number of nitriles is 1. The Morgan fingerprint density at radius 2 is 1.84 bits per heavy atom. The quantitative estimate of drug-likeness (QED) is 0.831. The standard InChI is InChI=1S/C16H15NOS/c1-11-4-5-12(2)15(8-11)19-16-9-14(18-3)7-6-13(16)10-17/h4-9H,1-3H3. The fraction of sp³-hybridized carbons (Fsp3) is 0.188. The van der Waals surface area contributed by atoms with E-state index in [1.54, 1.807) is 24.9 Å². The van der Waals surface area contributed by atoms with Crippen LogP contribution in [0.1, 0.15) is 16.7 Å². The van der Waals surface area contributed by atoms with Crippen LogP contribution >= 0.6 is 11.8 Å². The van der Waals surface area contributed by atoms with Crippen LogP contribution in [0.4, 0.5) is 0 Å². The number of ether oxygens (including phenoxy) is 1. The molecule has 2 aromatic carbocycles. The third kappa shape index (κ3) is 3.10. The van der Waals surface area contributed by atoms with E-state index in [0.717, 1.165) is 10.6 Å². The molecule has 2 aromatic rings. The molecule has 0 aliphatic heterocycles. The lowest BCUT2D eigenvalue weighted by atomic mass is 10.2. The largest absolute Gasteiger partial charge is 0.497 e. The normalized spacial score (nSPS) is 10.0. The van der Waals surface area contributed by atoms with Gasteiger partial charge in [0.05, 0.1) is 12.7 Å². The molecular weight excluding hydrogens is 254 g/mol. The zero-order valence-electron chi connectivity index (χ0n) is 11.2. The molecule has 0 N–H and O–H groups in total. The lowest BCUT2D eigenvalue weighted by Crippen LogP contribution is -1.88. The molecule has 0 spiro atoms. The van der Waals surface area contributed by atoms with Crippen molar-refractivity contribution in [3.8, 4) is 11.8 Å². The van der Waals surface area contributed by atoms with Gasteiger partial charge in [-0.05, 0) is 49.2 Å². The van der Waals surface area contributed by atoms with Crippen molar-refractivity contribution in [2.45, 2.75) is 23.6 Å². The second-order valence-corrected chi connectivity index (χ2v) is 5.43. The topological polar surface area (TPSA) is 33.0 Å². The predicted molar refractivity (Wildman–Crippen MR) is 77.7 cm³/mol. The van der Waals surface area contributed by atoms with E-state index < -0.39 is 0 Å². The summed E-state index contributed by atoms with van der Waals surface area (Å²) in [4.78, 5) is 2.10. The first-order valence-electron chi connectivity index (χ1n) is 5.97. The minimum absolute atomic E-state index is 0.673. The summed E-state index contributed by atoms with van der Waals surface area (Å²) in [6.45, 7) is 4.15. The summed E-state index contributed by atoms with van der Waals surface area (Å²) in [5, 5.41) is 9.18. The summed E-state index contributed by atoms with van der Waals surface area (Å²) in [7, 11) is 1.63. The zero-order valence-corrected chi connectivity index (χ0v) is 12.0. The average molecular weight is 269 g/mol. The molecule has 0 bridgehead atoms. The lowest BCUT2D eigenvalue weighted by Gasteiger charge is -2.09. The van der Waals surface area contributed by atoms with Gasteiger partial charge in [0.2, 0.25) is 0 Å². The number of nitrogens with zero attached hydrogens (tertiary/aromatic N) is 1. The highest BCUT2D eigenvalue weighted by Gasteiger charge is 2.08. The van der Waals surface area contributed by atoms with Crippen molar-refractivity contribution >= 4 is 11.8 Å². The Morgan fingerprint density at radius 3 is 2.53 bits per heavy atom. The summed E-state index contributed by atoms with van der Waals surface area (Å²) < 4.78 is 5.22. The molecule has 0 aliphatic carbocycles. The third-order valence-corrected chi connectivity index (χ3v) is 4.09. The molecule has 96 valence electrons. The summed E-state index contributed by atoms with van der Waals surface area (Å²) in [5.74, 6) is 0.770. The Morgan fingerprint density at radius 1 is 1.05 bits per heavy atom. The Bertz CT molecular complexity index is 644. The molecular formula is C16H15NOS. The van der Waals surface area contributed by atoms with Crippen LogP contribution in [0.25, 0.3) is 0 Å². The van der Waals surface area contributed by atoms with Crippen LogP contribution < -0.4 is 4.74 Å². The van der Waals surface area contributed by atoms with Crippen LogP contribution in [0.2, 0.25) is 0 Å². The maximum atomic E-state index is 9.18. The highest BCUT2D eigenvalue weighted by Crippen LogP contribution is 2.35. The second-order valence-electron chi connectivity index (χ2n) is 4.34. The fourth-order valence-electron chi connectivity index (χ4n) is 1.74. The molecule has 0 radical (unpaired) electrons. The highest BCUT2D eigenvalue weighted by atomic mass is 32.2. The van der Waals surface area contributed by atoms with Crippen LogP contribution in [0.5, 0.6) is 5.75 Å². The Labute approximate surface area is 118 Å². The summed E-state index contributed by atoms with van der Waals surface area (Å²) in [6, 6.07) is 14.1. The number of hydrogen-bond acceptors (Lipinski definition) is 3. The van der Waals surface area contributed by atoms with Crippen LogP contribution in [-0.2, 0) is 0 Å². The minimum Gasteiger partial charge on any atom is -0.497 e. The van der Waals surface area contributed by atoms with Crippen LogP contribution in [0.3, 0.4) is 0 Å². The van der Waals surface area contributed by atoms with Crippen molar-refractivity contribution in [1.29, 1.82) is 5.26 Å². The molecule has 0 amide bonds. The average Bonchev–Trinajstić information content (AvgIpc) is 2.42. The zero-order chi connectivity index (χ0) is 13.8. The van der Waals surface area contributed by atoms with Gasteiger partial charge in [0.15, 0.2) is 0 Å². The predicted octanol–water partition coefficient (Wildman–Crippen LogP) is 4.33. The molecule has 0 fully saturated rings. The summed E-state index contributed by atoms with van der Waals surface area (Å²) >= 11 is 1.61. The number of methoxy groups -OCH3 is 1. The van der Waals surface area contributed by atoms with Gasteiger partial charge in [-0.25, -0.2) is 0 Å². The van der Waals surface area contributed by atoms with Crippen molar-refractivity contribution in [3.05, 3.63) is 53.1 Å². The third-order valence-electron chi connectivity index (χ3n) is 2.87. The Kier molecular flexibility index (Phi) is 4.13. The van der Waals surface area contributed by atoms with Gasteiger partial charge in [-0.2, -0.15) is 5.26 Å². The van der Waals surface area contributed by atoms with E-state index in [1.165, 1.54) is 16.0 Å².